The molecule has 1 aromatic heterocycles. The van der Waals surface area contributed by atoms with Gasteiger partial charge in [0.2, 0.25) is 5.91 Å². The molecule has 1 aliphatic carbocycles. The Kier molecular flexibility index (Phi) is 5.03. The van der Waals surface area contributed by atoms with Crippen LogP contribution in [0, 0.1) is 5.92 Å². The monoisotopic (exact) mass is 377 g/mol. The van der Waals surface area contributed by atoms with Gasteiger partial charge < -0.3 is 19.9 Å². The average molecular weight is 378 g/mol. The molecule has 1 saturated carbocycles. The maximum absolute atomic E-state index is 12.6. The van der Waals surface area contributed by atoms with E-state index in [1.807, 2.05) is 29.5 Å². The highest BCUT2D eigenvalue weighted by Crippen LogP contribution is 2.36. The van der Waals surface area contributed by atoms with Gasteiger partial charge in [-0.3, -0.25) is 9.59 Å². The van der Waals surface area contributed by atoms with E-state index in [0.29, 0.717) is 19.0 Å². The Morgan fingerprint density at radius 1 is 1.35 bits per heavy atom. The van der Waals surface area contributed by atoms with Gasteiger partial charge in [-0.05, 0) is 44.2 Å². The van der Waals surface area contributed by atoms with E-state index < -0.39 is 6.10 Å². The van der Waals surface area contributed by atoms with Crippen LogP contribution >= 0.6 is 11.3 Å². The van der Waals surface area contributed by atoms with Crippen molar-refractivity contribution in [1.82, 2.24) is 15.1 Å². The number of hydrogen-bond acceptors (Lipinski definition) is 5. The van der Waals surface area contributed by atoms with E-state index in [0.717, 1.165) is 50.2 Å². The minimum absolute atomic E-state index is 0.0409. The summed E-state index contributed by atoms with van der Waals surface area (Å²) in [4.78, 5) is 30.2. The Balaban J connectivity index is 1.34. The molecule has 3 aliphatic rings. The Morgan fingerprint density at radius 2 is 2.12 bits per heavy atom. The lowest BCUT2D eigenvalue weighted by Crippen LogP contribution is -2.61. The van der Waals surface area contributed by atoms with Crippen molar-refractivity contribution >= 4 is 23.2 Å². The Bertz CT molecular complexity index is 651. The first kappa shape index (κ1) is 17.9. The molecule has 3 fully saturated rings. The van der Waals surface area contributed by atoms with Crippen LogP contribution in [-0.2, 0) is 20.9 Å². The van der Waals surface area contributed by atoms with Crippen LogP contribution < -0.4 is 5.32 Å². The lowest BCUT2D eigenvalue weighted by molar-refractivity contribution is -0.183. The summed E-state index contributed by atoms with van der Waals surface area (Å²) in [6.07, 6.45) is 3.27. The van der Waals surface area contributed by atoms with Gasteiger partial charge in [0.1, 0.15) is 6.10 Å². The first-order valence-electron chi connectivity index (χ1n) is 9.50. The van der Waals surface area contributed by atoms with E-state index >= 15 is 0 Å². The molecule has 4 rings (SSSR count). The van der Waals surface area contributed by atoms with Crippen LogP contribution in [0.5, 0.6) is 0 Å². The Hall–Kier alpha value is -1.44. The number of amides is 2. The van der Waals surface area contributed by atoms with E-state index in [9.17, 15) is 9.59 Å². The van der Waals surface area contributed by atoms with E-state index in [-0.39, 0.29) is 17.4 Å². The molecule has 2 amide bonds. The Morgan fingerprint density at radius 3 is 2.77 bits per heavy atom. The van der Waals surface area contributed by atoms with Gasteiger partial charge in [0.05, 0.1) is 12.1 Å². The molecule has 6 nitrogen and oxygen atoms in total. The zero-order valence-electron chi connectivity index (χ0n) is 15.3. The normalized spacial score (nSPS) is 26.0. The van der Waals surface area contributed by atoms with Crippen LogP contribution in [0.15, 0.2) is 17.5 Å². The van der Waals surface area contributed by atoms with Gasteiger partial charge in [0.25, 0.3) is 5.91 Å². The molecule has 0 unspecified atom stereocenters. The highest BCUT2D eigenvalue weighted by molar-refractivity contribution is 7.09. The molecule has 3 heterocycles. The third-order valence-corrected chi connectivity index (χ3v) is 6.53. The van der Waals surface area contributed by atoms with Gasteiger partial charge in [0.15, 0.2) is 0 Å². The summed E-state index contributed by atoms with van der Waals surface area (Å²) in [5, 5.41) is 5.01. The summed E-state index contributed by atoms with van der Waals surface area (Å²) in [6.45, 7) is 3.48. The van der Waals surface area contributed by atoms with Crippen molar-refractivity contribution in [3.8, 4) is 0 Å². The van der Waals surface area contributed by atoms with Crippen molar-refractivity contribution in [3.05, 3.63) is 22.4 Å². The van der Waals surface area contributed by atoms with Crippen molar-refractivity contribution < 1.29 is 14.3 Å². The second-order valence-corrected chi connectivity index (χ2v) is 8.92. The third kappa shape index (κ3) is 3.94. The topological polar surface area (TPSA) is 61.9 Å². The largest absolute Gasteiger partial charge is 0.359 e. The van der Waals surface area contributed by atoms with Crippen LogP contribution in [0.1, 0.15) is 30.6 Å². The molecule has 7 heteroatoms. The fourth-order valence-corrected chi connectivity index (χ4v) is 4.70. The third-order valence-electron chi connectivity index (χ3n) is 5.65. The summed E-state index contributed by atoms with van der Waals surface area (Å²) in [6, 6.07) is 4.01. The lowest BCUT2D eigenvalue weighted by atomic mass is 9.88. The van der Waals surface area contributed by atoms with Crippen LogP contribution in [0.4, 0.5) is 0 Å². The molecule has 2 aliphatic heterocycles. The molecular formula is C19H27N3O3S. The number of ether oxygens (including phenoxy) is 1. The SMILES string of the molecule is CN1C[C@H](C(=O)NCc2cccs2)OC2(CCN(C(=O)C3CC3)CC2)C1. The van der Waals surface area contributed by atoms with Gasteiger partial charge in [-0.25, -0.2) is 0 Å². The fourth-order valence-electron chi connectivity index (χ4n) is 4.05. The van der Waals surface area contributed by atoms with Crippen molar-refractivity contribution in [2.45, 2.75) is 43.9 Å². The van der Waals surface area contributed by atoms with E-state index in [2.05, 4.69) is 10.2 Å². The molecule has 0 radical (unpaired) electrons. The lowest BCUT2D eigenvalue weighted by Gasteiger charge is -2.48. The first-order valence-corrected chi connectivity index (χ1v) is 10.4. The summed E-state index contributed by atoms with van der Waals surface area (Å²) < 4.78 is 6.33. The number of nitrogens with zero attached hydrogens (tertiary/aromatic N) is 2. The zero-order chi connectivity index (χ0) is 18.1. The molecule has 1 N–H and O–H groups in total. The fraction of sp³-hybridized carbons (Fsp3) is 0.684. The molecule has 26 heavy (non-hydrogen) atoms. The standard InChI is InChI=1S/C19H27N3O3S/c1-21-12-16(17(23)20-11-15-3-2-10-26-15)25-19(13-21)6-8-22(9-7-19)18(24)14-4-5-14/h2-3,10,14,16H,4-9,11-13H2,1H3,(H,20,23)/t16-/m1/s1. The predicted octanol–water partition coefficient (Wildman–Crippen LogP) is 1.47. The molecule has 2 saturated heterocycles. The summed E-state index contributed by atoms with van der Waals surface area (Å²) in [5.74, 6) is 0.546. The second kappa shape index (κ2) is 7.29. The van der Waals surface area contributed by atoms with Gasteiger partial charge in [-0.2, -0.15) is 0 Å². The smallest absolute Gasteiger partial charge is 0.250 e. The number of piperidine rings is 1. The first-order chi connectivity index (χ1) is 12.5. The zero-order valence-corrected chi connectivity index (χ0v) is 16.1. The highest BCUT2D eigenvalue weighted by atomic mass is 32.1. The number of rotatable bonds is 4. The number of carbonyl (C=O) groups excluding carboxylic acids is 2. The molecule has 1 aromatic rings. The van der Waals surface area contributed by atoms with Gasteiger partial charge in [-0.15, -0.1) is 11.3 Å². The maximum atomic E-state index is 12.6. The number of carbonyl (C=O) groups is 2. The van der Waals surface area contributed by atoms with Gasteiger partial charge in [-0.1, -0.05) is 6.07 Å². The molecule has 1 spiro atoms. The van der Waals surface area contributed by atoms with Gasteiger partial charge >= 0.3 is 0 Å². The van der Waals surface area contributed by atoms with Crippen LogP contribution in [0.2, 0.25) is 0 Å². The number of likely N-dealkylation sites (N-methyl/N-ethyl adjacent to an activating group) is 1. The number of thiophene rings is 1. The van der Waals surface area contributed by atoms with E-state index in [4.69, 9.17) is 4.74 Å². The Labute approximate surface area is 158 Å². The molecular weight excluding hydrogens is 350 g/mol. The highest BCUT2D eigenvalue weighted by Gasteiger charge is 2.45. The number of nitrogens with one attached hydrogen (secondary N) is 1. The minimum atomic E-state index is -0.445. The summed E-state index contributed by atoms with van der Waals surface area (Å²) in [5.41, 5.74) is -0.307. The predicted molar refractivity (Wildman–Crippen MR) is 99.8 cm³/mol. The summed E-state index contributed by atoms with van der Waals surface area (Å²) >= 11 is 1.64. The molecule has 1 atom stereocenters. The van der Waals surface area contributed by atoms with Crippen molar-refractivity contribution in [3.63, 3.8) is 0 Å². The van der Waals surface area contributed by atoms with Gasteiger partial charge in [0, 0.05) is 37.0 Å². The molecule has 0 bridgehead atoms. The number of likely N-dealkylation sites (tertiary alicyclic amines) is 1. The number of hydrogen-bond donors (Lipinski definition) is 1. The van der Waals surface area contributed by atoms with E-state index in [1.54, 1.807) is 11.3 Å². The summed E-state index contributed by atoms with van der Waals surface area (Å²) in [7, 11) is 2.05. The molecule has 142 valence electrons. The minimum Gasteiger partial charge on any atom is -0.359 e. The quantitative estimate of drug-likeness (QED) is 0.863. The van der Waals surface area contributed by atoms with Crippen molar-refractivity contribution in [2.24, 2.45) is 5.92 Å². The van der Waals surface area contributed by atoms with E-state index in [1.165, 1.54) is 0 Å². The van der Waals surface area contributed by atoms with Crippen molar-refractivity contribution in [2.75, 3.05) is 33.2 Å². The van der Waals surface area contributed by atoms with Crippen molar-refractivity contribution in [1.29, 1.82) is 0 Å². The second-order valence-electron chi connectivity index (χ2n) is 7.88. The molecule has 0 aromatic carbocycles. The van der Waals surface area contributed by atoms with Crippen LogP contribution in [0.3, 0.4) is 0 Å². The maximum Gasteiger partial charge on any atom is 0.250 e. The average Bonchev–Trinajstić information content (AvgIpc) is 3.35. The van der Waals surface area contributed by atoms with Crippen LogP contribution in [-0.4, -0.2) is 66.5 Å². The van der Waals surface area contributed by atoms with Crippen LogP contribution in [0.25, 0.3) is 0 Å². The number of morpholine rings is 1.